The second-order valence-corrected chi connectivity index (χ2v) is 7.53. The smallest absolute Gasteiger partial charge is 0.270 e. The summed E-state index contributed by atoms with van der Waals surface area (Å²) in [5, 5.41) is 3.12. The molecule has 0 bridgehead atoms. The lowest BCUT2D eigenvalue weighted by Gasteiger charge is -2.37. The monoisotopic (exact) mass is 380 g/mol. The molecule has 2 heterocycles. The predicted molar refractivity (Wildman–Crippen MR) is 111 cm³/mol. The lowest BCUT2D eigenvalue weighted by Crippen LogP contribution is -2.46. The van der Waals surface area contributed by atoms with Gasteiger partial charge in [0, 0.05) is 49.8 Å². The van der Waals surface area contributed by atoms with Crippen molar-refractivity contribution in [3.05, 3.63) is 48.3 Å². The number of anilines is 2. The molecule has 28 heavy (non-hydrogen) atoms. The van der Waals surface area contributed by atoms with Gasteiger partial charge in [-0.3, -0.25) is 9.78 Å². The molecule has 1 saturated heterocycles. The summed E-state index contributed by atoms with van der Waals surface area (Å²) in [6, 6.07) is 12.4. The Hall–Kier alpha value is -2.76. The zero-order valence-corrected chi connectivity index (χ0v) is 16.4. The summed E-state index contributed by atoms with van der Waals surface area (Å²) >= 11 is 0. The van der Waals surface area contributed by atoms with Crippen molar-refractivity contribution >= 4 is 17.3 Å². The summed E-state index contributed by atoms with van der Waals surface area (Å²) in [5.74, 6) is 0.827. The van der Waals surface area contributed by atoms with Gasteiger partial charge in [-0.2, -0.15) is 0 Å². The zero-order valence-electron chi connectivity index (χ0n) is 16.4. The van der Waals surface area contributed by atoms with Crippen molar-refractivity contribution < 1.29 is 9.53 Å². The maximum absolute atomic E-state index is 12.5. The third kappa shape index (κ3) is 4.21. The molecule has 0 unspecified atom stereocenters. The van der Waals surface area contributed by atoms with Crippen molar-refractivity contribution in [3.63, 3.8) is 0 Å². The van der Waals surface area contributed by atoms with E-state index >= 15 is 0 Å². The van der Waals surface area contributed by atoms with E-state index in [1.807, 2.05) is 24.3 Å². The molecule has 2 aromatic rings. The van der Waals surface area contributed by atoms with Crippen molar-refractivity contribution in [2.24, 2.45) is 0 Å². The summed E-state index contributed by atoms with van der Waals surface area (Å²) in [4.78, 5) is 21.5. The fourth-order valence-electron chi connectivity index (χ4n) is 4.09. The normalized spacial score (nSPS) is 17.6. The summed E-state index contributed by atoms with van der Waals surface area (Å²) in [7, 11) is 1.69. The Labute approximate surface area is 166 Å². The molecule has 1 amide bonds. The van der Waals surface area contributed by atoms with E-state index in [0.29, 0.717) is 11.7 Å². The van der Waals surface area contributed by atoms with Gasteiger partial charge in [0.05, 0.1) is 7.11 Å². The number of amides is 1. The molecule has 0 spiro atoms. The fraction of sp³-hybridized carbons (Fsp3) is 0.455. The number of pyridine rings is 1. The molecular weight excluding hydrogens is 352 g/mol. The molecule has 148 valence electrons. The van der Waals surface area contributed by atoms with Gasteiger partial charge in [-0.1, -0.05) is 12.8 Å². The highest BCUT2D eigenvalue weighted by atomic mass is 16.5. The van der Waals surface area contributed by atoms with E-state index in [0.717, 1.165) is 50.5 Å². The number of benzene rings is 1. The molecule has 2 fully saturated rings. The highest BCUT2D eigenvalue weighted by molar-refractivity contribution is 5.93. The highest BCUT2D eigenvalue weighted by Gasteiger charge is 2.21. The average molecular weight is 380 g/mol. The first kappa shape index (κ1) is 18.6. The fourth-order valence-corrected chi connectivity index (χ4v) is 4.09. The summed E-state index contributed by atoms with van der Waals surface area (Å²) < 4.78 is 5.24. The number of piperazine rings is 1. The second kappa shape index (κ2) is 8.50. The van der Waals surface area contributed by atoms with Crippen LogP contribution in [0.25, 0.3) is 0 Å². The number of ether oxygens (including phenoxy) is 1. The lowest BCUT2D eigenvalue weighted by molar-refractivity contribution is 0.0933. The molecule has 6 nitrogen and oxygen atoms in total. The van der Waals surface area contributed by atoms with Crippen LogP contribution in [-0.4, -0.2) is 50.2 Å². The first-order chi connectivity index (χ1) is 13.7. The Morgan fingerprint density at radius 2 is 1.64 bits per heavy atom. The van der Waals surface area contributed by atoms with Crippen molar-refractivity contribution in [3.8, 4) is 5.75 Å². The van der Waals surface area contributed by atoms with Crippen LogP contribution in [0.3, 0.4) is 0 Å². The Kier molecular flexibility index (Phi) is 5.65. The lowest BCUT2D eigenvalue weighted by atomic mass is 10.2. The van der Waals surface area contributed by atoms with E-state index in [2.05, 4.69) is 32.2 Å². The van der Waals surface area contributed by atoms with Crippen molar-refractivity contribution in [1.82, 2.24) is 10.3 Å². The third-order valence-electron chi connectivity index (χ3n) is 5.75. The minimum absolute atomic E-state index is 0.0504. The number of carbonyl (C=O) groups is 1. The molecule has 1 saturated carbocycles. The van der Waals surface area contributed by atoms with Gasteiger partial charge in [-0.15, -0.1) is 0 Å². The van der Waals surface area contributed by atoms with Crippen LogP contribution in [0.1, 0.15) is 36.2 Å². The van der Waals surface area contributed by atoms with E-state index in [9.17, 15) is 4.79 Å². The number of methoxy groups -OCH3 is 1. The Morgan fingerprint density at radius 3 is 2.29 bits per heavy atom. The molecule has 0 atom stereocenters. The van der Waals surface area contributed by atoms with Crippen LogP contribution >= 0.6 is 0 Å². The van der Waals surface area contributed by atoms with Crippen LogP contribution in [0.5, 0.6) is 5.75 Å². The van der Waals surface area contributed by atoms with Gasteiger partial charge in [0.15, 0.2) is 0 Å². The van der Waals surface area contributed by atoms with E-state index < -0.39 is 0 Å². The SMILES string of the molecule is COc1ccc(N2CCN(c3ccnc(C(=O)NC4CCCC4)c3)CC2)cc1. The quantitative estimate of drug-likeness (QED) is 0.864. The van der Waals surface area contributed by atoms with E-state index in [-0.39, 0.29) is 5.91 Å². The van der Waals surface area contributed by atoms with Gasteiger partial charge in [0.25, 0.3) is 5.91 Å². The summed E-state index contributed by atoms with van der Waals surface area (Å²) in [5.41, 5.74) is 2.80. The third-order valence-corrected chi connectivity index (χ3v) is 5.75. The molecule has 1 aliphatic heterocycles. The van der Waals surface area contributed by atoms with Gasteiger partial charge in [-0.05, 0) is 49.2 Å². The minimum atomic E-state index is -0.0504. The van der Waals surface area contributed by atoms with Crippen LogP contribution < -0.4 is 19.9 Å². The Morgan fingerprint density at radius 1 is 1.00 bits per heavy atom. The summed E-state index contributed by atoms with van der Waals surface area (Å²) in [6.45, 7) is 3.72. The summed E-state index contributed by atoms with van der Waals surface area (Å²) in [6.07, 6.45) is 6.32. The standard InChI is InChI=1S/C22H28N4O2/c1-28-20-8-6-18(7-9-20)25-12-14-26(15-13-25)19-10-11-23-21(16-19)22(27)24-17-4-2-3-5-17/h6-11,16-17H,2-5,12-15H2,1H3,(H,24,27). The van der Waals surface area contributed by atoms with E-state index in [1.54, 1.807) is 13.3 Å². The molecule has 1 N–H and O–H groups in total. The molecule has 4 rings (SSSR count). The topological polar surface area (TPSA) is 57.7 Å². The van der Waals surface area contributed by atoms with Crippen molar-refractivity contribution in [1.29, 1.82) is 0 Å². The number of nitrogens with zero attached hydrogens (tertiary/aromatic N) is 3. The van der Waals surface area contributed by atoms with Crippen LogP contribution in [0.15, 0.2) is 42.6 Å². The van der Waals surface area contributed by atoms with Crippen LogP contribution in [-0.2, 0) is 0 Å². The van der Waals surface area contributed by atoms with Gasteiger partial charge in [-0.25, -0.2) is 0 Å². The molecule has 1 aliphatic carbocycles. The molecule has 1 aromatic heterocycles. The number of nitrogens with one attached hydrogen (secondary N) is 1. The first-order valence-electron chi connectivity index (χ1n) is 10.1. The number of carbonyl (C=O) groups excluding carboxylic acids is 1. The van der Waals surface area contributed by atoms with Crippen LogP contribution in [0.2, 0.25) is 0 Å². The van der Waals surface area contributed by atoms with Gasteiger partial charge >= 0.3 is 0 Å². The van der Waals surface area contributed by atoms with Gasteiger partial charge < -0.3 is 19.9 Å². The van der Waals surface area contributed by atoms with Crippen LogP contribution in [0, 0.1) is 0 Å². The van der Waals surface area contributed by atoms with E-state index in [4.69, 9.17) is 4.74 Å². The highest BCUT2D eigenvalue weighted by Crippen LogP contribution is 2.23. The van der Waals surface area contributed by atoms with Crippen molar-refractivity contribution in [2.45, 2.75) is 31.7 Å². The minimum Gasteiger partial charge on any atom is -0.497 e. The number of hydrogen-bond donors (Lipinski definition) is 1. The first-order valence-corrected chi connectivity index (χ1v) is 10.1. The number of aromatic nitrogens is 1. The Balaban J connectivity index is 1.36. The van der Waals surface area contributed by atoms with Crippen molar-refractivity contribution in [2.75, 3.05) is 43.1 Å². The zero-order chi connectivity index (χ0) is 19.3. The van der Waals surface area contributed by atoms with E-state index in [1.165, 1.54) is 18.5 Å². The predicted octanol–water partition coefficient (Wildman–Crippen LogP) is 3.09. The second-order valence-electron chi connectivity index (χ2n) is 7.53. The average Bonchev–Trinajstić information content (AvgIpc) is 3.27. The largest absolute Gasteiger partial charge is 0.497 e. The van der Waals surface area contributed by atoms with Crippen LogP contribution in [0.4, 0.5) is 11.4 Å². The number of hydrogen-bond acceptors (Lipinski definition) is 5. The Bertz CT molecular complexity index is 794. The maximum atomic E-state index is 12.5. The molecule has 1 aromatic carbocycles. The number of rotatable bonds is 5. The molecular formula is C22H28N4O2. The van der Waals surface area contributed by atoms with Gasteiger partial charge in [0.1, 0.15) is 11.4 Å². The van der Waals surface area contributed by atoms with Gasteiger partial charge in [0.2, 0.25) is 0 Å². The molecule has 6 heteroatoms. The molecule has 0 radical (unpaired) electrons. The maximum Gasteiger partial charge on any atom is 0.270 e. The molecule has 2 aliphatic rings.